The van der Waals surface area contributed by atoms with Crippen LogP contribution in [0, 0.1) is 0 Å². The number of carbonyl (C=O) groups excluding carboxylic acids is 2. The van der Waals surface area contributed by atoms with Gasteiger partial charge in [-0.05, 0) is 68.0 Å². The minimum absolute atomic E-state index is 0.0799. The number of nitrogens with zero attached hydrogens (tertiary/aromatic N) is 2. The second-order valence-electron chi connectivity index (χ2n) is 8.63. The summed E-state index contributed by atoms with van der Waals surface area (Å²) < 4.78 is 10.9. The molecule has 0 aliphatic carbocycles. The molecule has 2 amide bonds. The Labute approximate surface area is 207 Å². The van der Waals surface area contributed by atoms with E-state index in [9.17, 15) is 9.59 Å². The number of likely N-dealkylation sites (N-methyl/N-ethyl adjacent to an activating group) is 1. The zero-order chi connectivity index (χ0) is 24.7. The minimum Gasteiger partial charge on any atom is -0.493 e. The van der Waals surface area contributed by atoms with Gasteiger partial charge >= 0.3 is 0 Å². The van der Waals surface area contributed by atoms with Crippen molar-refractivity contribution in [2.24, 2.45) is 0 Å². The average Bonchev–Trinajstić information content (AvgIpc) is 3.37. The van der Waals surface area contributed by atoms with E-state index in [1.165, 1.54) is 0 Å². The number of hydrogen-bond donors (Lipinski definition) is 1. The van der Waals surface area contributed by atoms with Gasteiger partial charge in [-0.15, -0.1) is 11.3 Å². The molecule has 0 radical (unpaired) electrons. The second kappa shape index (κ2) is 12.2. The smallest absolute Gasteiger partial charge is 0.254 e. The van der Waals surface area contributed by atoms with Gasteiger partial charge in [0.15, 0.2) is 11.5 Å². The molecule has 2 aromatic rings. The molecule has 8 heteroatoms. The Hall–Kier alpha value is -2.58. The molecule has 2 atom stereocenters. The molecule has 0 unspecified atom stereocenters. The van der Waals surface area contributed by atoms with E-state index in [1.807, 2.05) is 17.5 Å². The van der Waals surface area contributed by atoms with Crippen LogP contribution < -0.4 is 14.8 Å². The Balaban J connectivity index is 1.88. The fourth-order valence-corrected chi connectivity index (χ4v) is 5.64. The molecule has 1 aromatic heterocycles. The summed E-state index contributed by atoms with van der Waals surface area (Å²) in [6, 6.07) is 7.03. The van der Waals surface area contributed by atoms with Gasteiger partial charge in [0, 0.05) is 24.0 Å². The van der Waals surface area contributed by atoms with Gasteiger partial charge in [-0.1, -0.05) is 19.9 Å². The first-order valence-corrected chi connectivity index (χ1v) is 12.9. The molecular weight excluding hydrogens is 450 g/mol. The summed E-state index contributed by atoms with van der Waals surface area (Å²) in [5.74, 6) is 0.232. The van der Waals surface area contributed by atoms with Crippen LogP contribution in [0.3, 0.4) is 0 Å². The standard InChI is InChI=1S/C26H37N3O4S/c1-6-12-29(13-7-2)14-9-11-27-25(30)23-18-16-20(32-4)21(33-5)17-19(18)26(31)28(3)24(23)22-10-8-15-34-22/h8,10,15-17,23-24H,6-7,9,11-14H2,1-5H3,(H,27,30)/t23-,24+/m0/s1. The molecule has 0 bridgehead atoms. The summed E-state index contributed by atoms with van der Waals surface area (Å²) in [6.07, 6.45) is 3.13. The molecule has 7 nitrogen and oxygen atoms in total. The number of rotatable bonds is 12. The summed E-state index contributed by atoms with van der Waals surface area (Å²) in [5.41, 5.74) is 1.15. The Bertz CT molecular complexity index is 957. The van der Waals surface area contributed by atoms with Crippen molar-refractivity contribution < 1.29 is 19.1 Å². The molecule has 186 valence electrons. The SMILES string of the molecule is CCCN(CCC)CCCNC(=O)[C@H]1c2cc(OC)c(OC)cc2C(=O)N(C)[C@@H]1c1cccs1. The van der Waals surface area contributed by atoms with Crippen LogP contribution in [0.2, 0.25) is 0 Å². The molecule has 34 heavy (non-hydrogen) atoms. The molecule has 2 heterocycles. The van der Waals surface area contributed by atoms with E-state index >= 15 is 0 Å². The molecule has 0 spiro atoms. The van der Waals surface area contributed by atoms with E-state index in [-0.39, 0.29) is 17.9 Å². The van der Waals surface area contributed by atoms with E-state index in [0.29, 0.717) is 29.2 Å². The number of fused-ring (bicyclic) bond motifs is 1. The van der Waals surface area contributed by atoms with E-state index in [4.69, 9.17) is 9.47 Å². The third kappa shape index (κ3) is 5.55. The maximum absolute atomic E-state index is 13.6. The number of thiophene rings is 1. The van der Waals surface area contributed by atoms with Crippen LogP contribution in [-0.2, 0) is 4.79 Å². The fourth-order valence-electron chi connectivity index (χ4n) is 4.74. The first-order valence-electron chi connectivity index (χ1n) is 12.0. The van der Waals surface area contributed by atoms with Gasteiger partial charge in [-0.25, -0.2) is 0 Å². The van der Waals surface area contributed by atoms with Crippen molar-refractivity contribution in [2.75, 3.05) is 47.4 Å². The van der Waals surface area contributed by atoms with Gasteiger partial charge in [-0.3, -0.25) is 9.59 Å². The lowest BCUT2D eigenvalue weighted by molar-refractivity contribution is -0.124. The molecule has 1 N–H and O–H groups in total. The van der Waals surface area contributed by atoms with Gasteiger partial charge in [-0.2, -0.15) is 0 Å². The van der Waals surface area contributed by atoms with E-state index < -0.39 is 5.92 Å². The Morgan fingerprint density at radius 3 is 2.38 bits per heavy atom. The highest BCUT2D eigenvalue weighted by Crippen LogP contribution is 2.46. The first kappa shape index (κ1) is 26.0. The van der Waals surface area contributed by atoms with Gasteiger partial charge in [0.25, 0.3) is 5.91 Å². The predicted molar refractivity (Wildman–Crippen MR) is 136 cm³/mol. The number of ether oxygens (including phenoxy) is 2. The molecule has 1 aliphatic heterocycles. The number of carbonyl (C=O) groups is 2. The lowest BCUT2D eigenvalue weighted by Crippen LogP contribution is -2.45. The molecule has 1 aromatic carbocycles. The van der Waals surface area contributed by atoms with Crippen molar-refractivity contribution in [2.45, 2.75) is 45.1 Å². The van der Waals surface area contributed by atoms with E-state index in [2.05, 4.69) is 24.1 Å². The van der Waals surface area contributed by atoms with E-state index in [0.717, 1.165) is 43.8 Å². The first-order chi connectivity index (χ1) is 16.5. The number of nitrogens with one attached hydrogen (secondary N) is 1. The number of amides is 2. The lowest BCUT2D eigenvalue weighted by atomic mass is 9.81. The predicted octanol–water partition coefficient (Wildman–Crippen LogP) is 4.30. The molecular formula is C26H37N3O4S. The van der Waals surface area contributed by atoms with Crippen molar-refractivity contribution in [3.63, 3.8) is 0 Å². The highest BCUT2D eigenvalue weighted by atomic mass is 32.1. The number of hydrogen-bond acceptors (Lipinski definition) is 6. The van der Waals surface area contributed by atoms with Gasteiger partial charge < -0.3 is 24.6 Å². The topological polar surface area (TPSA) is 71.1 Å². The van der Waals surface area contributed by atoms with Crippen LogP contribution >= 0.6 is 11.3 Å². The van der Waals surface area contributed by atoms with Crippen LogP contribution in [0.15, 0.2) is 29.6 Å². The number of methoxy groups -OCH3 is 2. The maximum Gasteiger partial charge on any atom is 0.254 e. The van der Waals surface area contributed by atoms with E-state index in [1.54, 1.807) is 49.6 Å². The van der Waals surface area contributed by atoms with Gasteiger partial charge in [0.05, 0.1) is 26.2 Å². The molecule has 0 saturated heterocycles. The third-order valence-electron chi connectivity index (χ3n) is 6.32. The lowest BCUT2D eigenvalue weighted by Gasteiger charge is -2.39. The van der Waals surface area contributed by atoms with Crippen LogP contribution in [0.1, 0.15) is 65.9 Å². The quantitative estimate of drug-likeness (QED) is 0.452. The van der Waals surface area contributed by atoms with Crippen molar-refractivity contribution in [3.8, 4) is 11.5 Å². The normalized spacial score (nSPS) is 17.6. The Morgan fingerprint density at radius 2 is 1.79 bits per heavy atom. The van der Waals surface area contributed by atoms with Crippen LogP contribution in [-0.4, -0.2) is 69.1 Å². The van der Waals surface area contributed by atoms with Crippen LogP contribution in [0.25, 0.3) is 0 Å². The summed E-state index contributed by atoms with van der Waals surface area (Å²) >= 11 is 1.56. The Morgan fingerprint density at radius 1 is 1.12 bits per heavy atom. The molecule has 3 rings (SSSR count). The highest BCUT2D eigenvalue weighted by Gasteiger charge is 2.43. The highest BCUT2D eigenvalue weighted by molar-refractivity contribution is 7.10. The second-order valence-corrected chi connectivity index (χ2v) is 9.61. The molecule has 0 saturated carbocycles. The van der Waals surface area contributed by atoms with Crippen molar-refractivity contribution in [1.29, 1.82) is 0 Å². The summed E-state index contributed by atoms with van der Waals surface area (Å²) in [7, 11) is 4.87. The average molecular weight is 488 g/mol. The van der Waals surface area contributed by atoms with Gasteiger partial charge in [0.1, 0.15) is 0 Å². The third-order valence-corrected chi connectivity index (χ3v) is 7.26. The zero-order valence-electron chi connectivity index (χ0n) is 20.9. The monoisotopic (exact) mass is 487 g/mol. The fraction of sp³-hybridized carbons (Fsp3) is 0.538. The summed E-state index contributed by atoms with van der Waals surface area (Å²) in [5, 5.41) is 5.13. The van der Waals surface area contributed by atoms with Crippen molar-refractivity contribution >= 4 is 23.2 Å². The van der Waals surface area contributed by atoms with Gasteiger partial charge in [0.2, 0.25) is 5.91 Å². The van der Waals surface area contributed by atoms with Crippen LogP contribution in [0.5, 0.6) is 11.5 Å². The maximum atomic E-state index is 13.6. The molecule has 1 aliphatic rings. The Kier molecular flexibility index (Phi) is 9.36. The largest absolute Gasteiger partial charge is 0.493 e. The molecule has 0 fully saturated rings. The summed E-state index contributed by atoms with van der Waals surface area (Å²) in [6.45, 7) is 8.09. The number of benzene rings is 1. The van der Waals surface area contributed by atoms with Crippen molar-refractivity contribution in [3.05, 3.63) is 45.6 Å². The minimum atomic E-state index is -0.543. The van der Waals surface area contributed by atoms with Crippen LogP contribution in [0.4, 0.5) is 0 Å². The summed E-state index contributed by atoms with van der Waals surface area (Å²) in [4.78, 5) is 32.1. The van der Waals surface area contributed by atoms with Crippen molar-refractivity contribution in [1.82, 2.24) is 15.1 Å². The zero-order valence-corrected chi connectivity index (χ0v) is 21.7.